The van der Waals surface area contributed by atoms with Crippen molar-refractivity contribution in [1.82, 2.24) is 19.4 Å². The number of aromatic nitrogens is 3. The largest absolute Gasteiger partial charge is 0.481 e. The highest BCUT2D eigenvalue weighted by molar-refractivity contribution is 5.93. The Morgan fingerprint density at radius 2 is 2.19 bits per heavy atom. The minimum Gasteiger partial charge on any atom is -0.481 e. The summed E-state index contributed by atoms with van der Waals surface area (Å²) in [7, 11) is 2.98. The van der Waals surface area contributed by atoms with Gasteiger partial charge in [0.1, 0.15) is 5.82 Å². The smallest absolute Gasteiger partial charge is 0.319 e. The number of hydrogen-bond donors (Lipinski definition) is 0. The van der Waals surface area contributed by atoms with Crippen LogP contribution in [-0.2, 0) is 6.54 Å². The molecular weight excluding hydrogens is 282 g/mol. The molecule has 0 spiro atoms. The van der Waals surface area contributed by atoms with Gasteiger partial charge in [0.15, 0.2) is 0 Å². The Bertz CT molecular complexity index is 613. The lowest BCUT2D eigenvalue weighted by Gasteiger charge is -2.17. The second kappa shape index (κ2) is 6.29. The SMILES string of the molecule is COc1ccc(C(=O)N(C)Cc2nccn2C(F)F)cn1. The summed E-state index contributed by atoms with van der Waals surface area (Å²) in [5, 5.41) is 0. The summed E-state index contributed by atoms with van der Waals surface area (Å²) in [5.74, 6) is 0.165. The molecule has 0 aliphatic carbocycles. The Kier molecular flexibility index (Phi) is 4.46. The fourth-order valence-electron chi connectivity index (χ4n) is 1.78. The molecule has 0 N–H and O–H groups in total. The van der Waals surface area contributed by atoms with Gasteiger partial charge in [0.2, 0.25) is 5.88 Å². The van der Waals surface area contributed by atoms with E-state index in [0.717, 1.165) is 4.57 Å². The summed E-state index contributed by atoms with van der Waals surface area (Å²) in [4.78, 5) is 21.2. The standard InChI is InChI=1S/C13H14F2N4O2/c1-18(8-10-16-5-6-19(10)13(14)15)12(20)9-3-4-11(21-2)17-7-9/h3-7,13H,8H2,1-2H3. The van der Waals surface area contributed by atoms with Gasteiger partial charge in [-0.15, -0.1) is 0 Å². The molecule has 2 aromatic heterocycles. The lowest BCUT2D eigenvalue weighted by atomic mass is 10.2. The third kappa shape index (κ3) is 3.33. The third-order valence-electron chi connectivity index (χ3n) is 2.88. The molecule has 0 saturated carbocycles. The molecule has 0 bridgehead atoms. The molecule has 2 aromatic rings. The van der Waals surface area contributed by atoms with Gasteiger partial charge in [-0.3, -0.25) is 9.36 Å². The number of ether oxygens (including phenoxy) is 1. The van der Waals surface area contributed by atoms with E-state index in [9.17, 15) is 13.6 Å². The number of amides is 1. The Balaban J connectivity index is 2.10. The predicted molar refractivity (Wildman–Crippen MR) is 70.1 cm³/mol. The zero-order chi connectivity index (χ0) is 15.4. The highest BCUT2D eigenvalue weighted by Crippen LogP contribution is 2.15. The molecule has 0 atom stereocenters. The first-order valence-corrected chi connectivity index (χ1v) is 6.08. The fraction of sp³-hybridized carbons (Fsp3) is 0.308. The summed E-state index contributed by atoms with van der Waals surface area (Å²) in [5.41, 5.74) is 0.341. The molecule has 0 saturated heterocycles. The second-order valence-electron chi connectivity index (χ2n) is 4.28. The van der Waals surface area contributed by atoms with Crippen LogP contribution in [0, 0.1) is 0 Å². The van der Waals surface area contributed by atoms with E-state index in [0.29, 0.717) is 11.4 Å². The number of methoxy groups -OCH3 is 1. The summed E-state index contributed by atoms with van der Waals surface area (Å²) >= 11 is 0. The summed E-state index contributed by atoms with van der Waals surface area (Å²) in [6.45, 7) is -2.71. The van der Waals surface area contributed by atoms with E-state index in [1.807, 2.05) is 0 Å². The van der Waals surface area contributed by atoms with E-state index < -0.39 is 6.55 Å². The van der Waals surface area contributed by atoms with Crippen LogP contribution in [0.1, 0.15) is 22.7 Å². The molecule has 0 radical (unpaired) electrons. The number of pyridine rings is 1. The van der Waals surface area contributed by atoms with E-state index >= 15 is 0 Å². The van der Waals surface area contributed by atoms with Crippen LogP contribution in [0.2, 0.25) is 0 Å². The number of hydrogen-bond acceptors (Lipinski definition) is 4. The van der Waals surface area contributed by atoms with Crippen molar-refractivity contribution in [1.29, 1.82) is 0 Å². The molecule has 0 aromatic carbocycles. The second-order valence-corrected chi connectivity index (χ2v) is 4.28. The number of alkyl halides is 2. The maximum absolute atomic E-state index is 12.7. The maximum Gasteiger partial charge on any atom is 0.319 e. The van der Waals surface area contributed by atoms with Crippen LogP contribution in [0.5, 0.6) is 5.88 Å². The Hall–Kier alpha value is -2.51. The van der Waals surface area contributed by atoms with Crippen LogP contribution >= 0.6 is 0 Å². The van der Waals surface area contributed by atoms with Gasteiger partial charge in [0.05, 0.1) is 19.2 Å². The fourth-order valence-corrected chi connectivity index (χ4v) is 1.78. The molecule has 0 unspecified atom stereocenters. The Morgan fingerprint density at radius 1 is 1.43 bits per heavy atom. The number of carbonyl (C=O) groups is 1. The molecule has 2 rings (SSSR count). The Labute approximate surface area is 120 Å². The van der Waals surface area contributed by atoms with Crippen LogP contribution in [0.3, 0.4) is 0 Å². The van der Waals surface area contributed by atoms with Gasteiger partial charge in [0.25, 0.3) is 5.91 Å². The lowest BCUT2D eigenvalue weighted by Crippen LogP contribution is -2.28. The van der Waals surface area contributed by atoms with Gasteiger partial charge in [-0.25, -0.2) is 9.97 Å². The van der Waals surface area contributed by atoms with E-state index in [2.05, 4.69) is 9.97 Å². The minimum atomic E-state index is -2.69. The van der Waals surface area contributed by atoms with E-state index in [1.165, 1.54) is 37.6 Å². The van der Waals surface area contributed by atoms with E-state index in [-0.39, 0.29) is 18.3 Å². The van der Waals surface area contributed by atoms with E-state index in [1.54, 1.807) is 12.1 Å². The molecule has 8 heteroatoms. The molecule has 0 aliphatic rings. The number of nitrogens with zero attached hydrogens (tertiary/aromatic N) is 4. The van der Waals surface area contributed by atoms with Gasteiger partial charge in [-0.05, 0) is 6.07 Å². The van der Waals surface area contributed by atoms with Crippen molar-refractivity contribution < 1.29 is 18.3 Å². The summed E-state index contributed by atoms with van der Waals surface area (Å²) in [6, 6.07) is 3.12. The number of halogens is 2. The average Bonchev–Trinajstić information content (AvgIpc) is 2.95. The van der Waals surface area contributed by atoms with Gasteiger partial charge in [-0.2, -0.15) is 8.78 Å². The molecular formula is C13H14F2N4O2. The normalized spacial score (nSPS) is 10.7. The number of imidazole rings is 1. The zero-order valence-corrected chi connectivity index (χ0v) is 11.5. The van der Waals surface area contributed by atoms with Crippen molar-refractivity contribution >= 4 is 5.91 Å². The molecule has 2 heterocycles. The topological polar surface area (TPSA) is 60.2 Å². The van der Waals surface area contributed by atoms with Gasteiger partial charge < -0.3 is 9.64 Å². The van der Waals surface area contributed by atoms with Crippen LogP contribution in [0.25, 0.3) is 0 Å². The van der Waals surface area contributed by atoms with Crippen molar-refractivity contribution in [2.45, 2.75) is 13.1 Å². The quantitative estimate of drug-likeness (QED) is 0.846. The lowest BCUT2D eigenvalue weighted by molar-refractivity contribution is 0.0612. The monoisotopic (exact) mass is 296 g/mol. The molecule has 6 nitrogen and oxygen atoms in total. The maximum atomic E-state index is 12.7. The Morgan fingerprint density at radius 3 is 2.76 bits per heavy atom. The number of carbonyl (C=O) groups excluding carboxylic acids is 1. The molecule has 112 valence electrons. The summed E-state index contributed by atoms with van der Waals surface area (Å²) in [6.07, 6.45) is 3.82. The van der Waals surface area contributed by atoms with Crippen molar-refractivity contribution in [3.63, 3.8) is 0 Å². The van der Waals surface area contributed by atoms with Gasteiger partial charge >= 0.3 is 6.55 Å². The minimum absolute atomic E-state index is 0.0256. The van der Waals surface area contributed by atoms with Crippen LogP contribution in [-0.4, -0.2) is 39.5 Å². The van der Waals surface area contributed by atoms with Crippen LogP contribution < -0.4 is 4.74 Å². The number of rotatable bonds is 5. The average molecular weight is 296 g/mol. The van der Waals surface area contributed by atoms with Crippen molar-refractivity contribution in [2.75, 3.05) is 14.2 Å². The van der Waals surface area contributed by atoms with Gasteiger partial charge in [0, 0.05) is 31.7 Å². The highest BCUT2D eigenvalue weighted by Gasteiger charge is 2.17. The zero-order valence-electron chi connectivity index (χ0n) is 11.5. The van der Waals surface area contributed by atoms with E-state index in [4.69, 9.17) is 4.74 Å². The first-order valence-electron chi connectivity index (χ1n) is 6.08. The first-order chi connectivity index (χ1) is 10.0. The third-order valence-corrected chi connectivity index (χ3v) is 2.88. The molecule has 0 aliphatic heterocycles. The first kappa shape index (κ1) is 14.9. The highest BCUT2D eigenvalue weighted by atomic mass is 19.3. The molecule has 21 heavy (non-hydrogen) atoms. The van der Waals surface area contributed by atoms with Gasteiger partial charge in [-0.1, -0.05) is 0 Å². The van der Waals surface area contributed by atoms with Crippen molar-refractivity contribution in [2.24, 2.45) is 0 Å². The van der Waals surface area contributed by atoms with Crippen LogP contribution in [0.15, 0.2) is 30.7 Å². The predicted octanol–water partition coefficient (Wildman–Crippen LogP) is 1.95. The van der Waals surface area contributed by atoms with Crippen molar-refractivity contribution in [3.8, 4) is 5.88 Å². The summed E-state index contributed by atoms with van der Waals surface area (Å²) < 4.78 is 31.1. The molecule has 0 fully saturated rings. The van der Waals surface area contributed by atoms with Crippen molar-refractivity contribution in [3.05, 3.63) is 42.1 Å². The van der Waals surface area contributed by atoms with Crippen LogP contribution in [0.4, 0.5) is 8.78 Å². The molecule has 1 amide bonds.